The Balaban J connectivity index is 2.57. The second kappa shape index (κ2) is 8.53. The van der Waals surface area contributed by atoms with E-state index in [0.717, 1.165) is 17.5 Å². The molecule has 1 aromatic carbocycles. The summed E-state index contributed by atoms with van der Waals surface area (Å²) in [5.41, 5.74) is 1.76. The van der Waals surface area contributed by atoms with E-state index in [1.54, 1.807) is 18.1 Å². The van der Waals surface area contributed by atoms with E-state index >= 15 is 0 Å². The molecule has 0 aliphatic rings. The standard InChI is InChI=1S/C15H23FN2O2/c1-4-7-18(8-9-20-3)15(19)17-11-13-10-14(16)6-5-12(13)2/h5-6,10H,4,7-9,11H2,1-3H3,(H,17,19). The minimum absolute atomic E-state index is 0.146. The lowest BCUT2D eigenvalue weighted by Gasteiger charge is -2.22. The molecule has 0 fully saturated rings. The van der Waals surface area contributed by atoms with E-state index in [9.17, 15) is 9.18 Å². The minimum Gasteiger partial charge on any atom is -0.383 e. The predicted molar refractivity (Wildman–Crippen MR) is 77.1 cm³/mol. The molecule has 0 radical (unpaired) electrons. The normalized spacial score (nSPS) is 10.4. The van der Waals surface area contributed by atoms with Crippen LogP contribution in [0.25, 0.3) is 0 Å². The molecular formula is C15H23FN2O2. The molecule has 0 atom stereocenters. The van der Waals surface area contributed by atoms with Crippen LogP contribution in [0, 0.1) is 12.7 Å². The molecule has 1 N–H and O–H groups in total. The molecule has 0 heterocycles. The summed E-state index contributed by atoms with van der Waals surface area (Å²) in [7, 11) is 1.61. The fourth-order valence-electron chi connectivity index (χ4n) is 1.90. The third kappa shape index (κ3) is 5.17. The molecule has 2 amide bonds. The Kier molecular flexibility index (Phi) is 7.01. The Bertz CT molecular complexity index is 438. The van der Waals surface area contributed by atoms with E-state index in [1.807, 2.05) is 13.8 Å². The van der Waals surface area contributed by atoms with Crippen molar-refractivity contribution in [1.82, 2.24) is 10.2 Å². The molecule has 1 rings (SSSR count). The molecule has 0 aliphatic carbocycles. The molecule has 0 saturated heterocycles. The van der Waals surface area contributed by atoms with E-state index in [4.69, 9.17) is 4.74 Å². The Hall–Kier alpha value is -1.62. The van der Waals surface area contributed by atoms with E-state index in [0.29, 0.717) is 26.2 Å². The van der Waals surface area contributed by atoms with Gasteiger partial charge in [0, 0.05) is 26.7 Å². The first-order valence-corrected chi connectivity index (χ1v) is 6.85. The molecule has 0 spiro atoms. The summed E-state index contributed by atoms with van der Waals surface area (Å²) in [5.74, 6) is -0.287. The topological polar surface area (TPSA) is 41.6 Å². The van der Waals surface area contributed by atoms with Crippen molar-refractivity contribution in [3.05, 3.63) is 35.1 Å². The zero-order valence-corrected chi connectivity index (χ0v) is 12.4. The molecular weight excluding hydrogens is 259 g/mol. The maximum Gasteiger partial charge on any atom is 0.317 e. The summed E-state index contributed by atoms with van der Waals surface area (Å²) in [6.45, 7) is 5.98. The first-order chi connectivity index (χ1) is 9.58. The monoisotopic (exact) mass is 282 g/mol. The van der Waals surface area contributed by atoms with Gasteiger partial charge in [-0.1, -0.05) is 13.0 Å². The van der Waals surface area contributed by atoms with Gasteiger partial charge in [-0.15, -0.1) is 0 Å². The summed E-state index contributed by atoms with van der Waals surface area (Å²) < 4.78 is 18.2. The molecule has 1 aromatic rings. The molecule has 4 nitrogen and oxygen atoms in total. The summed E-state index contributed by atoms with van der Waals surface area (Å²) in [6.07, 6.45) is 0.885. The van der Waals surface area contributed by atoms with Gasteiger partial charge in [0.15, 0.2) is 0 Å². The van der Waals surface area contributed by atoms with Crippen LogP contribution in [0.1, 0.15) is 24.5 Å². The van der Waals surface area contributed by atoms with Gasteiger partial charge in [-0.2, -0.15) is 0 Å². The number of carbonyl (C=O) groups is 1. The summed E-state index contributed by atoms with van der Waals surface area (Å²) >= 11 is 0. The van der Waals surface area contributed by atoms with Crippen LogP contribution in [-0.2, 0) is 11.3 Å². The van der Waals surface area contributed by atoms with E-state index < -0.39 is 0 Å². The van der Waals surface area contributed by atoms with Crippen molar-refractivity contribution in [3.8, 4) is 0 Å². The Labute approximate surface area is 119 Å². The lowest BCUT2D eigenvalue weighted by atomic mass is 10.1. The van der Waals surface area contributed by atoms with E-state index in [-0.39, 0.29) is 11.8 Å². The van der Waals surface area contributed by atoms with Crippen LogP contribution in [0.3, 0.4) is 0 Å². The van der Waals surface area contributed by atoms with Gasteiger partial charge >= 0.3 is 6.03 Å². The largest absolute Gasteiger partial charge is 0.383 e. The fourth-order valence-corrected chi connectivity index (χ4v) is 1.90. The van der Waals surface area contributed by atoms with Crippen LogP contribution < -0.4 is 5.32 Å². The van der Waals surface area contributed by atoms with Gasteiger partial charge in [0.1, 0.15) is 5.82 Å². The summed E-state index contributed by atoms with van der Waals surface area (Å²) in [6, 6.07) is 4.44. The van der Waals surface area contributed by atoms with Gasteiger partial charge in [-0.3, -0.25) is 0 Å². The third-order valence-corrected chi connectivity index (χ3v) is 3.09. The number of benzene rings is 1. The molecule has 0 bridgehead atoms. The average molecular weight is 282 g/mol. The second-order valence-corrected chi connectivity index (χ2v) is 4.71. The number of urea groups is 1. The molecule has 5 heteroatoms. The number of ether oxygens (including phenoxy) is 1. The third-order valence-electron chi connectivity index (χ3n) is 3.09. The number of rotatable bonds is 7. The quantitative estimate of drug-likeness (QED) is 0.835. The van der Waals surface area contributed by atoms with Crippen molar-refractivity contribution in [2.45, 2.75) is 26.8 Å². The van der Waals surface area contributed by atoms with Gasteiger partial charge in [0.05, 0.1) is 6.61 Å². The van der Waals surface area contributed by atoms with Crippen molar-refractivity contribution in [1.29, 1.82) is 0 Å². The van der Waals surface area contributed by atoms with Gasteiger partial charge in [0.25, 0.3) is 0 Å². The number of halogens is 1. The highest BCUT2D eigenvalue weighted by Crippen LogP contribution is 2.10. The molecule has 112 valence electrons. The number of hydrogen-bond acceptors (Lipinski definition) is 2. The van der Waals surface area contributed by atoms with E-state index in [2.05, 4.69) is 5.32 Å². The van der Waals surface area contributed by atoms with Gasteiger partial charge in [-0.05, 0) is 36.6 Å². The molecule has 20 heavy (non-hydrogen) atoms. The molecule has 0 aromatic heterocycles. The number of amides is 2. The van der Waals surface area contributed by atoms with Crippen LogP contribution in [0.15, 0.2) is 18.2 Å². The van der Waals surface area contributed by atoms with Gasteiger partial charge in [-0.25, -0.2) is 9.18 Å². The number of nitrogens with one attached hydrogen (secondary N) is 1. The van der Waals surface area contributed by atoms with Crippen LogP contribution in [0.4, 0.5) is 9.18 Å². The lowest BCUT2D eigenvalue weighted by molar-refractivity contribution is 0.149. The van der Waals surface area contributed by atoms with Crippen LogP contribution in [-0.4, -0.2) is 37.7 Å². The number of methoxy groups -OCH3 is 1. The first-order valence-electron chi connectivity index (χ1n) is 6.85. The van der Waals surface area contributed by atoms with Crippen LogP contribution >= 0.6 is 0 Å². The molecule has 0 saturated carbocycles. The Morgan fingerprint density at radius 1 is 1.40 bits per heavy atom. The molecule has 0 unspecified atom stereocenters. The number of hydrogen-bond donors (Lipinski definition) is 1. The van der Waals surface area contributed by atoms with Crippen LogP contribution in [0.2, 0.25) is 0 Å². The fraction of sp³-hybridized carbons (Fsp3) is 0.533. The van der Waals surface area contributed by atoms with Crippen molar-refractivity contribution in [3.63, 3.8) is 0 Å². The van der Waals surface area contributed by atoms with E-state index in [1.165, 1.54) is 12.1 Å². The predicted octanol–water partition coefficient (Wildman–Crippen LogP) is 2.70. The Morgan fingerprint density at radius 3 is 2.80 bits per heavy atom. The average Bonchev–Trinajstić information content (AvgIpc) is 2.44. The van der Waals surface area contributed by atoms with Gasteiger partial charge < -0.3 is 15.0 Å². The van der Waals surface area contributed by atoms with Crippen molar-refractivity contribution in [2.75, 3.05) is 26.8 Å². The summed E-state index contributed by atoms with van der Waals surface area (Å²) in [5, 5.41) is 2.83. The lowest BCUT2D eigenvalue weighted by Crippen LogP contribution is -2.41. The summed E-state index contributed by atoms with van der Waals surface area (Å²) in [4.78, 5) is 13.8. The minimum atomic E-state index is -0.287. The van der Waals surface area contributed by atoms with Crippen molar-refractivity contribution in [2.24, 2.45) is 0 Å². The number of nitrogens with zero attached hydrogens (tertiary/aromatic N) is 1. The Morgan fingerprint density at radius 2 is 2.15 bits per heavy atom. The van der Waals surface area contributed by atoms with Gasteiger partial charge in [0.2, 0.25) is 0 Å². The SMILES string of the molecule is CCCN(CCOC)C(=O)NCc1cc(F)ccc1C. The highest BCUT2D eigenvalue weighted by atomic mass is 19.1. The zero-order valence-electron chi connectivity index (χ0n) is 12.4. The maximum atomic E-state index is 13.2. The molecule has 0 aliphatic heterocycles. The first kappa shape index (κ1) is 16.4. The second-order valence-electron chi connectivity index (χ2n) is 4.71. The van der Waals surface area contributed by atoms with Crippen molar-refractivity contribution >= 4 is 6.03 Å². The zero-order chi connectivity index (χ0) is 15.0. The number of aryl methyl sites for hydroxylation is 1. The van der Waals surface area contributed by atoms with Crippen LogP contribution in [0.5, 0.6) is 0 Å². The highest BCUT2D eigenvalue weighted by molar-refractivity contribution is 5.74. The number of carbonyl (C=O) groups excluding carboxylic acids is 1. The highest BCUT2D eigenvalue weighted by Gasteiger charge is 2.12. The van der Waals surface area contributed by atoms with Crippen molar-refractivity contribution < 1.29 is 13.9 Å². The maximum absolute atomic E-state index is 13.2. The smallest absolute Gasteiger partial charge is 0.317 e.